The Bertz CT molecular complexity index is 3380. The Balaban J connectivity index is 1.13. The largest absolute Gasteiger partial charge is 0.309 e. The molecule has 9 aromatic carbocycles. The lowest BCUT2D eigenvalue weighted by molar-refractivity contribution is 1.13. The molecule has 0 atom stereocenters. The van der Waals surface area contributed by atoms with Crippen LogP contribution in [0.2, 0.25) is 0 Å². The van der Waals surface area contributed by atoms with Gasteiger partial charge in [-0.3, -0.25) is 4.57 Å². The van der Waals surface area contributed by atoms with E-state index in [2.05, 4.69) is 230 Å². The maximum Gasteiger partial charge on any atom is 0.145 e. The van der Waals surface area contributed by atoms with Gasteiger partial charge in [-0.25, -0.2) is 4.98 Å². The highest BCUT2D eigenvalue weighted by molar-refractivity contribution is 6.20. The molecular formula is C57H41N3. The molecule has 2 aromatic heterocycles. The molecule has 11 rings (SSSR count). The molecule has 284 valence electrons. The summed E-state index contributed by atoms with van der Waals surface area (Å²) in [7, 11) is 0. The molecule has 0 saturated heterocycles. The van der Waals surface area contributed by atoms with E-state index in [1.54, 1.807) is 0 Å². The van der Waals surface area contributed by atoms with Crippen molar-refractivity contribution in [3.8, 4) is 16.8 Å². The number of aromatic nitrogens is 2. The highest BCUT2D eigenvalue weighted by atomic mass is 15.1. The van der Waals surface area contributed by atoms with Gasteiger partial charge in [-0.2, -0.15) is 0 Å². The van der Waals surface area contributed by atoms with Crippen molar-refractivity contribution in [2.45, 2.75) is 13.8 Å². The molecule has 0 radical (unpaired) electrons. The van der Waals surface area contributed by atoms with Crippen LogP contribution in [0.25, 0.3) is 87.4 Å². The van der Waals surface area contributed by atoms with Crippen molar-refractivity contribution in [3.63, 3.8) is 0 Å². The topological polar surface area (TPSA) is 21.1 Å². The first-order valence-corrected chi connectivity index (χ1v) is 20.7. The van der Waals surface area contributed by atoms with E-state index in [-0.39, 0.29) is 0 Å². The molecule has 0 aliphatic rings. The second-order valence-corrected chi connectivity index (χ2v) is 15.5. The monoisotopic (exact) mass is 767 g/mol. The van der Waals surface area contributed by atoms with Crippen molar-refractivity contribution < 1.29 is 0 Å². The van der Waals surface area contributed by atoms with Crippen LogP contribution in [0.15, 0.2) is 212 Å². The van der Waals surface area contributed by atoms with Crippen LogP contribution in [-0.2, 0) is 0 Å². The van der Waals surface area contributed by atoms with Gasteiger partial charge in [0, 0.05) is 39.1 Å². The van der Waals surface area contributed by atoms with E-state index in [9.17, 15) is 0 Å². The van der Waals surface area contributed by atoms with E-state index in [1.165, 1.54) is 70.7 Å². The molecule has 0 saturated carbocycles. The average molecular weight is 768 g/mol. The number of nitrogens with zero attached hydrogens (tertiary/aromatic N) is 3. The van der Waals surface area contributed by atoms with Gasteiger partial charge >= 0.3 is 0 Å². The lowest BCUT2D eigenvalue weighted by Crippen LogP contribution is -2.11. The number of rotatable bonds is 7. The number of anilines is 3. The number of fused-ring (bicyclic) bond motifs is 7. The first-order chi connectivity index (χ1) is 29.7. The SMILES string of the molecule is C/C=C\C=C(/C)c1c2ccccc2c(-c2ccc3c(c2)c2cccnc2n3-c2cccc(N(c3cccc4ccccc34)c3cccc4ccccc34)c2)c2ccccc12. The van der Waals surface area contributed by atoms with Crippen LogP contribution < -0.4 is 4.90 Å². The van der Waals surface area contributed by atoms with Crippen molar-refractivity contribution in [2.24, 2.45) is 0 Å². The van der Waals surface area contributed by atoms with Gasteiger partial charge in [-0.05, 0) is 123 Å². The minimum absolute atomic E-state index is 0.929. The van der Waals surface area contributed by atoms with Crippen LogP contribution in [-0.4, -0.2) is 9.55 Å². The quantitative estimate of drug-likeness (QED) is 0.119. The molecule has 3 nitrogen and oxygen atoms in total. The zero-order valence-corrected chi connectivity index (χ0v) is 33.5. The molecule has 0 spiro atoms. The number of allylic oxidation sites excluding steroid dienone is 4. The van der Waals surface area contributed by atoms with E-state index < -0.39 is 0 Å². The van der Waals surface area contributed by atoms with E-state index in [4.69, 9.17) is 4.98 Å². The highest BCUT2D eigenvalue weighted by Gasteiger charge is 2.21. The minimum atomic E-state index is 0.929. The van der Waals surface area contributed by atoms with Crippen LogP contribution in [0.4, 0.5) is 17.1 Å². The molecule has 2 heterocycles. The Hall–Kier alpha value is -7.75. The fourth-order valence-corrected chi connectivity index (χ4v) is 9.44. The molecule has 0 amide bonds. The summed E-state index contributed by atoms with van der Waals surface area (Å²) in [5, 5.41) is 12.1. The molecule has 60 heavy (non-hydrogen) atoms. The Labute approximate surface area is 349 Å². The minimum Gasteiger partial charge on any atom is -0.309 e. The van der Waals surface area contributed by atoms with E-state index in [0.29, 0.717) is 0 Å². The summed E-state index contributed by atoms with van der Waals surface area (Å²) in [6, 6.07) is 68.4. The smallest absolute Gasteiger partial charge is 0.145 e. The number of hydrogen-bond acceptors (Lipinski definition) is 2. The third-order valence-corrected chi connectivity index (χ3v) is 12.0. The van der Waals surface area contributed by atoms with Crippen molar-refractivity contribution >= 4 is 87.7 Å². The van der Waals surface area contributed by atoms with Gasteiger partial charge in [-0.1, -0.05) is 152 Å². The van der Waals surface area contributed by atoms with E-state index >= 15 is 0 Å². The first-order valence-electron chi connectivity index (χ1n) is 20.7. The summed E-state index contributed by atoms with van der Waals surface area (Å²) >= 11 is 0. The van der Waals surface area contributed by atoms with E-state index in [0.717, 1.165) is 39.3 Å². The Morgan fingerprint density at radius 1 is 0.517 bits per heavy atom. The maximum absolute atomic E-state index is 5.06. The zero-order valence-electron chi connectivity index (χ0n) is 33.5. The molecule has 3 heteroatoms. The standard InChI is InChI=1S/C57H41N3/c1-3-4-17-38(2)55-46-26-9-11-28-48(46)56(49-29-12-10-27-47(49)55)41-33-34-54-51(36-41)50-30-16-35-58-57(50)60(54)43-23-15-22-42(37-43)59(52-31-13-20-39-18-5-7-24-44(39)52)53-32-14-21-40-19-6-8-25-45(40)53/h3-37H,1-2H3/b4-3-,38-17+. The van der Waals surface area contributed by atoms with Gasteiger partial charge in [0.1, 0.15) is 5.65 Å². The van der Waals surface area contributed by atoms with Crippen molar-refractivity contribution in [2.75, 3.05) is 4.90 Å². The molecule has 0 aliphatic heterocycles. The summed E-state index contributed by atoms with van der Waals surface area (Å²) in [6.07, 6.45) is 8.35. The van der Waals surface area contributed by atoms with Gasteiger partial charge in [0.05, 0.1) is 16.9 Å². The van der Waals surface area contributed by atoms with Gasteiger partial charge in [0.25, 0.3) is 0 Å². The summed E-state index contributed by atoms with van der Waals surface area (Å²) in [4.78, 5) is 7.48. The molecule has 0 bridgehead atoms. The average Bonchev–Trinajstić information content (AvgIpc) is 3.64. The fourth-order valence-electron chi connectivity index (χ4n) is 9.44. The molecule has 0 unspecified atom stereocenters. The Morgan fingerprint density at radius 2 is 1.08 bits per heavy atom. The summed E-state index contributed by atoms with van der Waals surface area (Å²) in [5.41, 5.74) is 11.4. The van der Waals surface area contributed by atoms with Crippen LogP contribution in [0.3, 0.4) is 0 Å². The predicted molar refractivity (Wildman–Crippen MR) is 257 cm³/mol. The highest BCUT2D eigenvalue weighted by Crippen LogP contribution is 2.45. The summed E-state index contributed by atoms with van der Waals surface area (Å²) in [5.74, 6) is 0. The number of benzene rings is 9. The fraction of sp³-hybridized carbons (Fsp3) is 0.0351. The van der Waals surface area contributed by atoms with Gasteiger partial charge in [0.15, 0.2) is 0 Å². The second-order valence-electron chi connectivity index (χ2n) is 15.5. The summed E-state index contributed by atoms with van der Waals surface area (Å²) in [6.45, 7) is 4.29. The maximum atomic E-state index is 5.06. The Kier molecular flexibility index (Phi) is 8.60. The van der Waals surface area contributed by atoms with Crippen molar-refractivity contribution in [1.82, 2.24) is 9.55 Å². The second kappa shape index (κ2) is 14.6. The first kappa shape index (κ1) is 35.4. The van der Waals surface area contributed by atoms with Crippen molar-refractivity contribution in [1.29, 1.82) is 0 Å². The molecular weight excluding hydrogens is 727 g/mol. The van der Waals surface area contributed by atoms with Crippen LogP contribution in [0.1, 0.15) is 19.4 Å². The summed E-state index contributed by atoms with van der Waals surface area (Å²) < 4.78 is 2.33. The van der Waals surface area contributed by atoms with Crippen LogP contribution in [0.5, 0.6) is 0 Å². The molecule has 11 aromatic rings. The van der Waals surface area contributed by atoms with Crippen LogP contribution >= 0.6 is 0 Å². The van der Waals surface area contributed by atoms with E-state index in [1.807, 2.05) is 6.20 Å². The number of pyridine rings is 1. The normalized spacial score (nSPS) is 12.2. The third kappa shape index (κ3) is 5.70. The van der Waals surface area contributed by atoms with Gasteiger partial charge in [0.2, 0.25) is 0 Å². The lowest BCUT2D eigenvalue weighted by Gasteiger charge is -2.28. The zero-order chi connectivity index (χ0) is 40.2. The lowest BCUT2D eigenvalue weighted by atomic mass is 9.86. The molecule has 0 aliphatic carbocycles. The van der Waals surface area contributed by atoms with Crippen LogP contribution in [0, 0.1) is 0 Å². The predicted octanol–water partition coefficient (Wildman–Crippen LogP) is 15.9. The Morgan fingerprint density at radius 3 is 1.73 bits per heavy atom. The molecule has 0 fully saturated rings. The molecule has 0 N–H and O–H groups in total. The van der Waals surface area contributed by atoms with Gasteiger partial charge in [-0.15, -0.1) is 0 Å². The van der Waals surface area contributed by atoms with Crippen molar-refractivity contribution in [3.05, 3.63) is 218 Å². The van der Waals surface area contributed by atoms with Gasteiger partial charge < -0.3 is 4.90 Å². The third-order valence-electron chi connectivity index (χ3n) is 12.0. The number of hydrogen-bond donors (Lipinski definition) is 0.